The van der Waals surface area contributed by atoms with Crippen molar-refractivity contribution in [1.82, 2.24) is 10.2 Å². The van der Waals surface area contributed by atoms with Gasteiger partial charge in [-0.3, -0.25) is 14.3 Å². The number of nitrogens with one attached hydrogen (secondary N) is 2. The van der Waals surface area contributed by atoms with E-state index >= 15 is 0 Å². The third-order valence-corrected chi connectivity index (χ3v) is 6.14. The van der Waals surface area contributed by atoms with E-state index in [0.29, 0.717) is 5.69 Å². The Morgan fingerprint density at radius 2 is 1.81 bits per heavy atom. The molecular formula is C19H18N6O4S2. The van der Waals surface area contributed by atoms with Crippen molar-refractivity contribution in [3.05, 3.63) is 59.6 Å². The third kappa shape index (κ3) is 5.77. The number of benzene rings is 2. The van der Waals surface area contributed by atoms with E-state index in [4.69, 9.17) is 0 Å². The molecule has 2 aromatic carbocycles. The van der Waals surface area contributed by atoms with Gasteiger partial charge in [-0.1, -0.05) is 29.5 Å². The van der Waals surface area contributed by atoms with Crippen LogP contribution in [0.3, 0.4) is 0 Å². The first-order valence-corrected chi connectivity index (χ1v) is 11.3. The third-order valence-electron chi connectivity index (χ3n) is 4.05. The Labute approximate surface area is 182 Å². The van der Waals surface area contributed by atoms with Crippen molar-refractivity contribution in [3.8, 4) is 0 Å². The summed E-state index contributed by atoms with van der Waals surface area (Å²) in [6.45, 7) is 3.07. The molecule has 12 heteroatoms. The fourth-order valence-corrected chi connectivity index (χ4v) is 4.13. The van der Waals surface area contributed by atoms with Gasteiger partial charge in [-0.15, -0.1) is 10.2 Å². The maximum atomic E-state index is 12.5. The number of carbonyl (C=O) groups excluding carboxylic acids is 2. The minimum absolute atomic E-state index is 0.0120. The SMILES string of the molecule is CC(=O)[C@H](N=Nc1ccc(S(=O)(=O)Nc2nncs2)cc1)C(=O)Nc1ccccc1C. The Kier molecular flexibility index (Phi) is 6.82. The van der Waals surface area contributed by atoms with E-state index in [0.717, 1.165) is 16.9 Å². The highest BCUT2D eigenvalue weighted by Gasteiger charge is 2.23. The zero-order valence-electron chi connectivity index (χ0n) is 16.5. The largest absolute Gasteiger partial charge is 0.324 e. The van der Waals surface area contributed by atoms with E-state index in [1.807, 2.05) is 19.1 Å². The minimum atomic E-state index is -3.83. The smallest absolute Gasteiger partial charge is 0.263 e. The Balaban J connectivity index is 1.72. The molecule has 0 saturated carbocycles. The molecule has 1 amide bonds. The number of amides is 1. The molecule has 2 N–H and O–H groups in total. The summed E-state index contributed by atoms with van der Waals surface area (Å²) in [5.41, 5.74) is 3.10. The summed E-state index contributed by atoms with van der Waals surface area (Å²) in [4.78, 5) is 24.4. The molecule has 1 aromatic heterocycles. The first-order valence-electron chi connectivity index (χ1n) is 8.93. The summed E-state index contributed by atoms with van der Waals surface area (Å²) < 4.78 is 27.0. The minimum Gasteiger partial charge on any atom is -0.324 e. The lowest BCUT2D eigenvalue weighted by molar-refractivity contribution is -0.126. The number of Topliss-reactive ketones (excluding diaryl/α,β-unsaturated/α-hetero) is 1. The number of aryl methyl sites for hydroxylation is 1. The topological polar surface area (TPSA) is 143 Å². The zero-order valence-corrected chi connectivity index (χ0v) is 18.1. The second kappa shape index (κ2) is 9.53. The summed E-state index contributed by atoms with van der Waals surface area (Å²) in [7, 11) is -3.83. The average molecular weight is 459 g/mol. The molecule has 3 rings (SSSR count). The maximum Gasteiger partial charge on any atom is 0.263 e. The van der Waals surface area contributed by atoms with E-state index < -0.39 is 27.8 Å². The Bertz CT molecular complexity index is 1210. The van der Waals surface area contributed by atoms with Gasteiger partial charge in [-0.2, -0.15) is 10.2 Å². The lowest BCUT2D eigenvalue weighted by atomic mass is 10.1. The quantitative estimate of drug-likeness (QED) is 0.391. The zero-order chi connectivity index (χ0) is 22.4. The number of anilines is 2. The average Bonchev–Trinajstić information content (AvgIpc) is 3.22. The van der Waals surface area contributed by atoms with Crippen molar-refractivity contribution in [2.75, 3.05) is 10.0 Å². The maximum absolute atomic E-state index is 12.5. The van der Waals surface area contributed by atoms with E-state index in [-0.39, 0.29) is 15.7 Å². The standard InChI is InChI=1S/C19H18N6O4S2/c1-12-5-3-4-6-16(12)21-18(27)17(13(2)26)23-22-14-7-9-15(10-8-14)31(28,29)25-19-24-20-11-30-19/h3-11,17H,1-2H3,(H,21,27)(H,24,25)/t17-/m0/s1. The number of sulfonamides is 1. The van der Waals surface area contributed by atoms with E-state index in [1.54, 1.807) is 12.1 Å². The van der Waals surface area contributed by atoms with Crippen LogP contribution in [0.1, 0.15) is 12.5 Å². The van der Waals surface area contributed by atoms with E-state index in [2.05, 4.69) is 30.5 Å². The molecule has 0 aliphatic carbocycles. The van der Waals surface area contributed by atoms with Crippen molar-refractivity contribution < 1.29 is 18.0 Å². The predicted molar refractivity (Wildman–Crippen MR) is 116 cm³/mol. The van der Waals surface area contributed by atoms with Crippen LogP contribution in [-0.4, -0.2) is 36.3 Å². The molecule has 0 spiro atoms. The first-order chi connectivity index (χ1) is 14.8. The van der Waals surface area contributed by atoms with Gasteiger partial charge in [0.05, 0.1) is 10.6 Å². The van der Waals surface area contributed by atoms with Gasteiger partial charge in [0.1, 0.15) is 5.51 Å². The normalized spacial score (nSPS) is 12.5. The molecule has 1 atom stereocenters. The molecule has 0 fully saturated rings. The predicted octanol–water partition coefficient (Wildman–Crippen LogP) is 3.33. The molecule has 0 saturated heterocycles. The highest BCUT2D eigenvalue weighted by atomic mass is 32.2. The molecule has 0 radical (unpaired) electrons. The van der Waals surface area contributed by atoms with Gasteiger partial charge in [0, 0.05) is 5.69 Å². The second-order valence-corrected chi connectivity index (χ2v) is 8.89. The van der Waals surface area contributed by atoms with Crippen LogP contribution in [0.5, 0.6) is 0 Å². The van der Waals surface area contributed by atoms with Crippen LogP contribution in [0.25, 0.3) is 0 Å². The number of carbonyl (C=O) groups is 2. The van der Waals surface area contributed by atoms with Crippen molar-refractivity contribution >= 4 is 49.6 Å². The number of para-hydroxylation sites is 1. The molecular weight excluding hydrogens is 440 g/mol. The van der Waals surface area contributed by atoms with Crippen molar-refractivity contribution in [1.29, 1.82) is 0 Å². The Hall–Kier alpha value is -3.51. The molecule has 31 heavy (non-hydrogen) atoms. The van der Waals surface area contributed by atoms with Crippen LogP contribution in [0.2, 0.25) is 0 Å². The lowest BCUT2D eigenvalue weighted by Crippen LogP contribution is -2.32. The van der Waals surface area contributed by atoms with Gasteiger partial charge in [-0.05, 0) is 49.7 Å². The number of nitrogens with zero attached hydrogens (tertiary/aromatic N) is 4. The molecule has 160 valence electrons. The van der Waals surface area contributed by atoms with Gasteiger partial charge in [-0.25, -0.2) is 8.42 Å². The van der Waals surface area contributed by atoms with Gasteiger partial charge >= 0.3 is 0 Å². The number of ketones is 1. The molecule has 10 nitrogen and oxygen atoms in total. The van der Waals surface area contributed by atoms with Crippen LogP contribution in [0.15, 0.2) is 69.2 Å². The van der Waals surface area contributed by atoms with Gasteiger partial charge < -0.3 is 5.32 Å². The molecule has 0 aliphatic heterocycles. The number of hydrogen-bond acceptors (Lipinski definition) is 9. The molecule has 0 bridgehead atoms. The molecule has 3 aromatic rings. The number of rotatable bonds is 8. The van der Waals surface area contributed by atoms with Crippen molar-refractivity contribution in [2.45, 2.75) is 24.8 Å². The van der Waals surface area contributed by atoms with Gasteiger partial charge in [0.2, 0.25) is 11.2 Å². The molecule has 1 heterocycles. The number of hydrogen-bond donors (Lipinski definition) is 2. The van der Waals surface area contributed by atoms with Crippen molar-refractivity contribution in [3.63, 3.8) is 0 Å². The molecule has 0 unspecified atom stereocenters. The Morgan fingerprint density at radius 1 is 1.10 bits per heavy atom. The van der Waals surface area contributed by atoms with Crippen LogP contribution >= 0.6 is 11.3 Å². The van der Waals surface area contributed by atoms with Crippen LogP contribution in [0, 0.1) is 6.92 Å². The number of azo groups is 1. The van der Waals surface area contributed by atoms with Crippen LogP contribution in [0.4, 0.5) is 16.5 Å². The van der Waals surface area contributed by atoms with Gasteiger partial charge in [0.15, 0.2) is 5.78 Å². The summed E-state index contributed by atoms with van der Waals surface area (Å²) in [5, 5.41) is 17.8. The van der Waals surface area contributed by atoms with Gasteiger partial charge in [0.25, 0.3) is 15.9 Å². The second-order valence-electron chi connectivity index (χ2n) is 6.38. The fourth-order valence-electron chi connectivity index (χ4n) is 2.44. The summed E-state index contributed by atoms with van der Waals surface area (Å²) in [6, 6.07) is 11.3. The monoisotopic (exact) mass is 458 g/mol. The van der Waals surface area contributed by atoms with Crippen LogP contribution < -0.4 is 10.0 Å². The van der Waals surface area contributed by atoms with Crippen molar-refractivity contribution in [2.24, 2.45) is 10.2 Å². The fraction of sp³-hybridized carbons (Fsp3) is 0.158. The summed E-state index contributed by atoms with van der Waals surface area (Å²) >= 11 is 1.05. The highest BCUT2D eigenvalue weighted by Crippen LogP contribution is 2.21. The summed E-state index contributed by atoms with van der Waals surface area (Å²) in [6.07, 6.45) is 0. The van der Waals surface area contributed by atoms with E-state index in [9.17, 15) is 18.0 Å². The van der Waals surface area contributed by atoms with Crippen LogP contribution in [-0.2, 0) is 19.6 Å². The Morgan fingerprint density at radius 3 is 2.42 bits per heavy atom. The summed E-state index contributed by atoms with van der Waals surface area (Å²) in [5.74, 6) is -1.08. The van der Waals surface area contributed by atoms with E-state index in [1.165, 1.54) is 36.7 Å². The highest BCUT2D eigenvalue weighted by molar-refractivity contribution is 7.93. The number of aromatic nitrogens is 2. The molecule has 0 aliphatic rings. The lowest BCUT2D eigenvalue weighted by Gasteiger charge is -2.11. The first kappa shape index (κ1) is 22.2.